The van der Waals surface area contributed by atoms with E-state index in [2.05, 4.69) is 4.90 Å². The highest BCUT2D eigenvalue weighted by atomic mass is 16.5. The van der Waals surface area contributed by atoms with Gasteiger partial charge in [-0.05, 0) is 36.4 Å². The Morgan fingerprint density at radius 2 is 1.74 bits per heavy atom. The van der Waals surface area contributed by atoms with E-state index in [1.807, 2.05) is 17.0 Å². The van der Waals surface area contributed by atoms with Crippen LogP contribution in [-0.4, -0.2) is 49.2 Å². The van der Waals surface area contributed by atoms with Crippen molar-refractivity contribution in [3.8, 4) is 11.5 Å². The summed E-state index contributed by atoms with van der Waals surface area (Å²) in [6.07, 6.45) is 0. The Morgan fingerprint density at radius 3 is 2.35 bits per heavy atom. The summed E-state index contributed by atoms with van der Waals surface area (Å²) in [4.78, 5) is 16.6. The summed E-state index contributed by atoms with van der Waals surface area (Å²) in [5, 5.41) is 9.57. The molecule has 1 amide bonds. The van der Waals surface area contributed by atoms with E-state index in [9.17, 15) is 9.90 Å². The van der Waals surface area contributed by atoms with Crippen molar-refractivity contribution >= 4 is 11.6 Å². The monoisotopic (exact) mass is 312 g/mol. The Morgan fingerprint density at radius 1 is 1.04 bits per heavy atom. The molecule has 0 aliphatic carbocycles. The maximum Gasteiger partial charge on any atom is 0.253 e. The summed E-state index contributed by atoms with van der Waals surface area (Å²) in [7, 11) is 1.61. The fraction of sp³-hybridized carbons (Fsp3) is 0.278. The summed E-state index contributed by atoms with van der Waals surface area (Å²) in [6.45, 7) is 2.84. The lowest BCUT2D eigenvalue weighted by molar-refractivity contribution is 0.0746. The van der Waals surface area contributed by atoms with Gasteiger partial charge in [-0.2, -0.15) is 0 Å². The normalized spacial score (nSPS) is 14.7. The van der Waals surface area contributed by atoms with E-state index in [0.29, 0.717) is 18.7 Å². The van der Waals surface area contributed by atoms with E-state index in [0.717, 1.165) is 24.5 Å². The first-order valence-corrected chi connectivity index (χ1v) is 7.64. The molecular weight excluding hydrogens is 292 g/mol. The maximum atomic E-state index is 12.5. The zero-order valence-electron chi connectivity index (χ0n) is 13.1. The van der Waals surface area contributed by atoms with Gasteiger partial charge in [0.25, 0.3) is 5.91 Å². The number of carbonyl (C=O) groups excluding carboxylic acids is 1. The van der Waals surface area contributed by atoms with Crippen LogP contribution in [-0.2, 0) is 0 Å². The van der Waals surface area contributed by atoms with E-state index >= 15 is 0 Å². The lowest BCUT2D eigenvalue weighted by Crippen LogP contribution is -2.48. The molecule has 0 atom stereocenters. The van der Waals surface area contributed by atoms with Crippen LogP contribution in [0.3, 0.4) is 0 Å². The Labute approximate surface area is 135 Å². The highest BCUT2D eigenvalue weighted by molar-refractivity contribution is 5.94. The van der Waals surface area contributed by atoms with Crippen molar-refractivity contribution in [3.63, 3.8) is 0 Å². The predicted molar refractivity (Wildman–Crippen MR) is 89.2 cm³/mol. The van der Waals surface area contributed by atoms with Crippen LogP contribution in [0.4, 0.5) is 5.69 Å². The molecule has 0 saturated carbocycles. The fourth-order valence-electron chi connectivity index (χ4n) is 2.77. The minimum atomic E-state index is 0.0446. The molecule has 2 aromatic carbocycles. The summed E-state index contributed by atoms with van der Waals surface area (Å²) in [5.41, 5.74) is 1.66. The van der Waals surface area contributed by atoms with Gasteiger partial charge < -0.3 is 19.6 Å². The van der Waals surface area contributed by atoms with Gasteiger partial charge in [-0.15, -0.1) is 0 Å². The largest absolute Gasteiger partial charge is 0.508 e. The quantitative estimate of drug-likeness (QED) is 0.945. The molecule has 23 heavy (non-hydrogen) atoms. The number of phenolic OH excluding ortho intramolecular Hbond substituents is 1. The molecular formula is C18H20N2O3. The van der Waals surface area contributed by atoms with Gasteiger partial charge >= 0.3 is 0 Å². The second-order valence-corrected chi connectivity index (χ2v) is 5.53. The molecule has 1 N–H and O–H groups in total. The average molecular weight is 312 g/mol. The van der Waals surface area contributed by atoms with Crippen LogP contribution >= 0.6 is 0 Å². The zero-order chi connectivity index (χ0) is 16.2. The van der Waals surface area contributed by atoms with Crippen molar-refractivity contribution in [1.29, 1.82) is 0 Å². The van der Waals surface area contributed by atoms with Gasteiger partial charge in [0.05, 0.1) is 7.11 Å². The molecule has 0 unspecified atom stereocenters. The van der Waals surface area contributed by atoms with Gasteiger partial charge in [0.1, 0.15) is 11.5 Å². The summed E-state index contributed by atoms with van der Waals surface area (Å²) < 4.78 is 5.12. The number of aromatic hydroxyl groups is 1. The summed E-state index contributed by atoms with van der Waals surface area (Å²) >= 11 is 0. The van der Waals surface area contributed by atoms with E-state index in [-0.39, 0.29) is 11.7 Å². The number of carbonyl (C=O) groups is 1. The van der Waals surface area contributed by atoms with Crippen LogP contribution in [0.25, 0.3) is 0 Å². The van der Waals surface area contributed by atoms with Gasteiger partial charge in [0, 0.05) is 43.5 Å². The number of methoxy groups -OCH3 is 1. The molecule has 0 radical (unpaired) electrons. The number of rotatable bonds is 3. The van der Waals surface area contributed by atoms with Crippen molar-refractivity contribution in [3.05, 3.63) is 54.1 Å². The van der Waals surface area contributed by atoms with Gasteiger partial charge in [-0.25, -0.2) is 0 Å². The van der Waals surface area contributed by atoms with Crippen molar-refractivity contribution in [1.82, 2.24) is 4.90 Å². The molecule has 1 aliphatic heterocycles. The number of piperazine rings is 1. The van der Waals surface area contributed by atoms with Gasteiger partial charge in [-0.1, -0.05) is 6.07 Å². The number of phenols is 1. The van der Waals surface area contributed by atoms with Crippen molar-refractivity contribution in [2.45, 2.75) is 0 Å². The topological polar surface area (TPSA) is 53.0 Å². The van der Waals surface area contributed by atoms with Gasteiger partial charge in [-0.3, -0.25) is 4.79 Å². The summed E-state index contributed by atoms with van der Waals surface area (Å²) in [6, 6.07) is 14.4. The second-order valence-electron chi connectivity index (χ2n) is 5.53. The maximum absolute atomic E-state index is 12.5. The Balaban J connectivity index is 1.62. The number of hydrogen-bond acceptors (Lipinski definition) is 4. The van der Waals surface area contributed by atoms with E-state index < -0.39 is 0 Å². The third kappa shape index (κ3) is 3.39. The molecule has 2 aromatic rings. The van der Waals surface area contributed by atoms with Crippen LogP contribution in [0.2, 0.25) is 0 Å². The molecule has 5 heteroatoms. The number of ether oxygens (including phenoxy) is 1. The van der Waals surface area contributed by atoms with Gasteiger partial charge in [0.2, 0.25) is 0 Å². The van der Waals surface area contributed by atoms with Crippen LogP contribution in [0.5, 0.6) is 11.5 Å². The first-order chi connectivity index (χ1) is 11.2. The molecule has 1 fully saturated rings. The molecule has 3 rings (SSSR count). The minimum Gasteiger partial charge on any atom is -0.508 e. The number of hydrogen-bond donors (Lipinski definition) is 1. The van der Waals surface area contributed by atoms with E-state index in [4.69, 9.17) is 4.74 Å². The molecule has 5 nitrogen and oxygen atoms in total. The Hall–Kier alpha value is -2.69. The van der Waals surface area contributed by atoms with Crippen LogP contribution in [0.15, 0.2) is 48.5 Å². The fourth-order valence-corrected chi connectivity index (χ4v) is 2.77. The molecule has 1 saturated heterocycles. The summed E-state index contributed by atoms with van der Waals surface area (Å²) in [5.74, 6) is 1.05. The molecule has 0 spiro atoms. The lowest BCUT2D eigenvalue weighted by atomic mass is 10.1. The third-order valence-corrected chi connectivity index (χ3v) is 4.10. The number of nitrogens with zero attached hydrogens (tertiary/aromatic N) is 2. The van der Waals surface area contributed by atoms with E-state index in [1.54, 1.807) is 43.5 Å². The van der Waals surface area contributed by atoms with Crippen molar-refractivity contribution < 1.29 is 14.6 Å². The first-order valence-electron chi connectivity index (χ1n) is 7.64. The highest BCUT2D eigenvalue weighted by Gasteiger charge is 2.22. The molecule has 0 aromatic heterocycles. The van der Waals surface area contributed by atoms with Crippen LogP contribution in [0, 0.1) is 0 Å². The first kappa shape index (κ1) is 15.2. The molecule has 1 aliphatic rings. The standard InChI is InChI=1S/C18H20N2O3/c1-23-17-7-5-14(6-8-17)18(22)20-11-9-19(10-12-20)15-3-2-4-16(21)13-15/h2-8,13,21H,9-12H2,1H3. The average Bonchev–Trinajstić information content (AvgIpc) is 2.61. The number of amides is 1. The third-order valence-electron chi connectivity index (χ3n) is 4.10. The Kier molecular flexibility index (Phi) is 4.37. The molecule has 1 heterocycles. The molecule has 120 valence electrons. The highest BCUT2D eigenvalue weighted by Crippen LogP contribution is 2.22. The number of benzene rings is 2. The lowest BCUT2D eigenvalue weighted by Gasteiger charge is -2.36. The van der Waals surface area contributed by atoms with Crippen LogP contribution < -0.4 is 9.64 Å². The number of anilines is 1. The van der Waals surface area contributed by atoms with Crippen LogP contribution in [0.1, 0.15) is 10.4 Å². The van der Waals surface area contributed by atoms with E-state index in [1.165, 1.54) is 0 Å². The van der Waals surface area contributed by atoms with Crippen molar-refractivity contribution in [2.24, 2.45) is 0 Å². The SMILES string of the molecule is COc1ccc(C(=O)N2CCN(c3cccc(O)c3)CC2)cc1. The van der Waals surface area contributed by atoms with Gasteiger partial charge in [0.15, 0.2) is 0 Å². The smallest absolute Gasteiger partial charge is 0.253 e. The molecule has 0 bridgehead atoms. The zero-order valence-corrected chi connectivity index (χ0v) is 13.1. The Bertz CT molecular complexity index is 677. The van der Waals surface area contributed by atoms with Crippen molar-refractivity contribution in [2.75, 3.05) is 38.2 Å². The minimum absolute atomic E-state index is 0.0446. The predicted octanol–water partition coefficient (Wildman–Crippen LogP) is 2.36. The second kappa shape index (κ2) is 6.60.